The maximum Gasteiger partial charge on any atom is 0.345 e. The molecule has 0 aliphatic heterocycles. The van der Waals surface area contributed by atoms with E-state index >= 15 is 0 Å². The third-order valence-corrected chi connectivity index (χ3v) is 3.23. The van der Waals surface area contributed by atoms with E-state index < -0.39 is 0 Å². The number of nitrogens with two attached hydrogens (primary N) is 1. The average Bonchev–Trinajstić information content (AvgIpc) is 2.78. The highest BCUT2D eigenvalue weighted by atomic mass is 16.2. The highest BCUT2D eigenvalue weighted by Crippen LogP contribution is 2.16. The van der Waals surface area contributed by atoms with Gasteiger partial charge in [-0.25, -0.2) is 15.3 Å². The van der Waals surface area contributed by atoms with E-state index in [1.807, 2.05) is 24.3 Å². The molecule has 7 heteroatoms. The van der Waals surface area contributed by atoms with Crippen molar-refractivity contribution in [2.75, 3.05) is 0 Å². The van der Waals surface area contributed by atoms with Crippen molar-refractivity contribution in [1.82, 2.24) is 19.8 Å². The summed E-state index contributed by atoms with van der Waals surface area (Å²) in [4.78, 5) is 23.1. The molecule has 0 aliphatic carbocycles. The maximum absolute atomic E-state index is 11.7. The monoisotopic (exact) mass is 275 g/mol. The zero-order chi connectivity index (χ0) is 14.7. The first-order chi connectivity index (χ1) is 9.52. The summed E-state index contributed by atoms with van der Waals surface area (Å²) in [5.74, 6) is 4.56. The number of hydrazine groups is 1. The first-order valence-corrected chi connectivity index (χ1v) is 6.20. The molecule has 3 N–H and O–H groups in total. The van der Waals surface area contributed by atoms with Crippen LogP contribution >= 0.6 is 0 Å². The molecule has 0 bridgehead atoms. The minimum atomic E-state index is -0.313. The van der Waals surface area contributed by atoms with Crippen molar-refractivity contribution in [3.05, 3.63) is 52.2 Å². The van der Waals surface area contributed by atoms with Crippen molar-refractivity contribution < 1.29 is 4.79 Å². The number of nitrogens with one attached hydrogen (secondary N) is 1. The van der Waals surface area contributed by atoms with Gasteiger partial charge in [-0.3, -0.25) is 14.8 Å². The highest BCUT2D eigenvalue weighted by Gasteiger charge is 2.13. The van der Waals surface area contributed by atoms with E-state index in [2.05, 4.69) is 10.5 Å². The third kappa shape index (κ3) is 2.77. The fourth-order valence-electron chi connectivity index (χ4n) is 1.89. The first-order valence-electron chi connectivity index (χ1n) is 6.20. The number of hydrogen-bond acceptors (Lipinski definition) is 4. The minimum absolute atomic E-state index is 0.162. The summed E-state index contributed by atoms with van der Waals surface area (Å²) in [5, 5.41) is 4.00. The van der Waals surface area contributed by atoms with Crippen LogP contribution in [-0.4, -0.2) is 20.3 Å². The summed E-state index contributed by atoms with van der Waals surface area (Å²) in [6.45, 7) is 2.18. The Labute approximate surface area is 116 Å². The number of carbonyl (C=O) groups excluding carboxylic acids is 1. The molecule has 2 aromatic rings. The molecule has 106 valence electrons. The van der Waals surface area contributed by atoms with Crippen LogP contribution in [0.1, 0.15) is 24.0 Å². The van der Waals surface area contributed by atoms with Gasteiger partial charge in [-0.05, 0) is 18.1 Å². The molecule has 0 fully saturated rings. The molecule has 1 atom stereocenters. The Kier molecular flexibility index (Phi) is 3.99. The standard InChI is InChI=1S/C13H17N5O2/c1-9(12(19)16-14)11-5-3-10(4-6-11)7-18-13(20)17(2)8-15-18/h3-6,8-9H,7,14H2,1-2H3,(H,16,19). The normalized spacial score (nSPS) is 12.2. The molecule has 7 nitrogen and oxygen atoms in total. The summed E-state index contributed by atoms with van der Waals surface area (Å²) >= 11 is 0. The van der Waals surface area contributed by atoms with Gasteiger partial charge in [0.05, 0.1) is 12.5 Å². The lowest BCUT2D eigenvalue weighted by atomic mass is 9.99. The van der Waals surface area contributed by atoms with Gasteiger partial charge < -0.3 is 0 Å². The van der Waals surface area contributed by atoms with Gasteiger partial charge in [-0.1, -0.05) is 24.3 Å². The molecule has 0 spiro atoms. The second kappa shape index (κ2) is 5.70. The van der Waals surface area contributed by atoms with Crippen molar-refractivity contribution in [2.45, 2.75) is 19.4 Å². The molecule has 2 rings (SSSR count). The van der Waals surface area contributed by atoms with Gasteiger partial charge in [0.15, 0.2) is 0 Å². The Balaban J connectivity index is 2.14. The minimum Gasteiger partial charge on any atom is -0.294 e. The molecule has 1 amide bonds. The summed E-state index contributed by atoms with van der Waals surface area (Å²) in [7, 11) is 1.65. The lowest BCUT2D eigenvalue weighted by Gasteiger charge is -2.10. The van der Waals surface area contributed by atoms with Crippen LogP contribution in [0.2, 0.25) is 0 Å². The summed E-state index contributed by atoms with van der Waals surface area (Å²) in [6, 6.07) is 7.44. The van der Waals surface area contributed by atoms with Crippen LogP contribution in [0.15, 0.2) is 35.4 Å². The van der Waals surface area contributed by atoms with Gasteiger partial charge in [-0.2, -0.15) is 5.10 Å². The molecular formula is C13H17N5O2. The molecule has 1 aromatic heterocycles. The average molecular weight is 275 g/mol. The Morgan fingerprint density at radius 2 is 2.05 bits per heavy atom. The smallest absolute Gasteiger partial charge is 0.294 e. The number of amides is 1. The van der Waals surface area contributed by atoms with Crippen molar-refractivity contribution in [2.24, 2.45) is 12.9 Å². The van der Waals surface area contributed by atoms with Crippen LogP contribution in [0.3, 0.4) is 0 Å². The SMILES string of the molecule is CC(C(=O)NN)c1ccc(Cn2ncn(C)c2=O)cc1. The van der Waals surface area contributed by atoms with Gasteiger partial charge in [0.2, 0.25) is 5.91 Å². The topological polar surface area (TPSA) is 94.9 Å². The Morgan fingerprint density at radius 1 is 1.40 bits per heavy atom. The maximum atomic E-state index is 11.7. The molecule has 0 radical (unpaired) electrons. The molecule has 1 aromatic carbocycles. The lowest BCUT2D eigenvalue weighted by molar-refractivity contribution is -0.122. The van der Waals surface area contributed by atoms with Crippen molar-refractivity contribution in [1.29, 1.82) is 0 Å². The quantitative estimate of drug-likeness (QED) is 0.456. The van der Waals surface area contributed by atoms with E-state index in [-0.39, 0.29) is 17.5 Å². The molecule has 1 heterocycles. The van der Waals surface area contributed by atoms with Crippen LogP contribution in [0, 0.1) is 0 Å². The molecular weight excluding hydrogens is 258 g/mol. The van der Waals surface area contributed by atoms with E-state index in [9.17, 15) is 9.59 Å². The number of aromatic nitrogens is 3. The summed E-state index contributed by atoms with van der Waals surface area (Å²) in [6.07, 6.45) is 1.48. The summed E-state index contributed by atoms with van der Waals surface area (Å²) < 4.78 is 2.80. The van der Waals surface area contributed by atoms with E-state index in [1.54, 1.807) is 14.0 Å². The zero-order valence-corrected chi connectivity index (χ0v) is 11.4. The second-order valence-corrected chi connectivity index (χ2v) is 4.65. The van der Waals surface area contributed by atoms with Crippen LogP contribution < -0.4 is 17.0 Å². The molecule has 0 saturated carbocycles. The van der Waals surface area contributed by atoms with Crippen LogP contribution in [0.25, 0.3) is 0 Å². The number of rotatable bonds is 4. The second-order valence-electron chi connectivity index (χ2n) is 4.65. The fourth-order valence-corrected chi connectivity index (χ4v) is 1.89. The van der Waals surface area contributed by atoms with E-state index in [0.29, 0.717) is 6.54 Å². The van der Waals surface area contributed by atoms with Crippen LogP contribution in [-0.2, 0) is 18.4 Å². The lowest BCUT2D eigenvalue weighted by Crippen LogP contribution is -2.33. The number of aryl methyl sites for hydroxylation is 1. The van der Waals surface area contributed by atoms with Crippen molar-refractivity contribution in [3.63, 3.8) is 0 Å². The predicted octanol–water partition coefficient (Wildman–Crippen LogP) is -0.276. The van der Waals surface area contributed by atoms with E-state index in [0.717, 1.165) is 11.1 Å². The highest BCUT2D eigenvalue weighted by molar-refractivity contribution is 5.82. The Bertz CT molecular complexity index is 656. The predicted molar refractivity (Wildman–Crippen MR) is 73.8 cm³/mol. The number of carbonyl (C=O) groups is 1. The summed E-state index contributed by atoms with van der Waals surface area (Å²) in [5.41, 5.74) is 3.77. The number of nitrogens with zero attached hydrogens (tertiary/aromatic N) is 3. The Morgan fingerprint density at radius 3 is 2.55 bits per heavy atom. The Hall–Kier alpha value is -2.41. The van der Waals surface area contributed by atoms with Crippen LogP contribution in [0.4, 0.5) is 0 Å². The van der Waals surface area contributed by atoms with Crippen molar-refractivity contribution >= 4 is 5.91 Å². The van der Waals surface area contributed by atoms with Crippen LogP contribution in [0.5, 0.6) is 0 Å². The van der Waals surface area contributed by atoms with Crippen molar-refractivity contribution in [3.8, 4) is 0 Å². The third-order valence-electron chi connectivity index (χ3n) is 3.23. The first kappa shape index (κ1) is 14.0. The van der Waals surface area contributed by atoms with E-state index in [4.69, 9.17) is 5.84 Å². The van der Waals surface area contributed by atoms with Gasteiger partial charge in [-0.15, -0.1) is 0 Å². The number of benzene rings is 1. The van der Waals surface area contributed by atoms with Gasteiger partial charge in [0.25, 0.3) is 0 Å². The molecule has 1 unspecified atom stereocenters. The van der Waals surface area contributed by atoms with Gasteiger partial charge in [0.1, 0.15) is 6.33 Å². The van der Waals surface area contributed by atoms with Gasteiger partial charge >= 0.3 is 5.69 Å². The molecule has 0 saturated heterocycles. The zero-order valence-electron chi connectivity index (χ0n) is 11.4. The molecule has 0 aliphatic rings. The fraction of sp³-hybridized carbons (Fsp3) is 0.308. The van der Waals surface area contributed by atoms with E-state index in [1.165, 1.54) is 15.6 Å². The molecule has 20 heavy (non-hydrogen) atoms. The number of hydrogen-bond donors (Lipinski definition) is 2. The van der Waals surface area contributed by atoms with Gasteiger partial charge in [0, 0.05) is 7.05 Å². The largest absolute Gasteiger partial charge is 0.345 e.